The lowest BCUT2D eigenvalue weighted by atomic mass is 10.1. The largest absolute Gasteiger partial charge is 0.326 e. The third-order valence-corrected chi connectivity index (χ3v) is 3.48. The normalized spacial score (nSPS) is 24.7. The van der Waals surface area contributed by atoms with Crippen LogP contribution in [0.3, 0.4) is 0 Å². The Labute approximate surface area is 94.3 Å². The molecule has 1 aromatic heterocycles. The summed E-state index contributed by atoms with van der Waals surface area (Å²) < 4.78 is 2.18. The summed E-state index contributed by atoms with van der Waals surface area (Å²) in [5.74, 6) is 0.151. The molecule has 80 valence electrons. The molecule has 16 heavy (non-hydrogen) atoms. The smallest absolute Gasteiger partial charge is 0.0961 e. The van der Waals surface area contributed by atoms with E-state index in [4.69, 9.17) is 5.26 Å². The third-order valence-electron chi connectivity index (χ3n) is 3.48. The molecule has 0 amide bonds. The van der Waals surface area contributed by atoms with Crippen LogP contribution in [0, 0.1) is 17.2 Å². The Morgan fingerprint density at radius 1 is 1.31 bits per heavy atom. The van der Waals surface area contributed by atoms with E-state index in [1.54, 1.807) is 0 Å². The monoisotopic (exact) mass is 211 g/mol. The summed E-state index contributed by atoms with van der Waals surface area (Å²) in [7, 11) is 0. The van der Waals surface area contributed by atoms with Gasteiger partial charge in [-0.15, -0.1) is 0 Å². The molecule has 0 aliphatic heterocycles. The Balaban J connectivity index is 2.09. The van der Waals surface area contributed by atoms with E-state index < -0.39 is 0 Å². The van der Waals surface area contributed by atoms with Crippen LogP contribution in [-0.4, -0.2) is 9.55 Å². The maximum absolute atomic E-state index is 9.12. The molecule has 1 aromatic carbocycles. The van der Waals surface area contributed by atoms with E-state index in [0.29, 0.717) is 6.04 Å². The Bertz CT molecular complexity index is 550. The molecule has 2 unspecified atom stereocenters. The van der Waals surface area contributed by atoms with Gasteiger partial charge in [-0.1, -0.05) is 12.1 Å². The van der Waals surface area contributed by atoms with E-state index in [-0.39, 0.29) is 5.92 Å². The molecule has 2 aromatic rings. The minimum atomic E-state index is 0.151. The SMILES string of the molecule is N#CC1CCCC1n1cnc2ccccc21. The highest BCUT2D eigenvalue weighted by Gasteiger charge is 2.29. The van der Waals surface area contributed by atoms with Crippen molar-refractivity contribution in [1.29, 1.82) is 5.26 Å². The van der Waals surface area contributed by atoms with Crippen LogP contribution in [0.5, 0.6) is 0 Å². The first-order valence-electron chi connectivity index (χ1n) is 5.71. The zero-order valence-electron chi connectivity index (χ0n) is 9.00. The fourth-order valence-electron chi connectivity index (χ4n) is 2.67. The van der Waals surface area contributed by atoms with Crippen molar-refractivity contribution < 1.29 is 0 Å². The molecule has 1 aliphatic rings. The highest BCUT2D eigenvalue weighted by molar-refractivity contribution is 5.75. The molecular weight excluding hydrogens is 198 g/mol. The molecule has 0 N–H and O–H groups in total. The molecule has 2 atom stereocenters. The van der Waals surface area contributed by atoms with Gasteiger partial charge in [0.25, 0.3) is 0 Å². The van der Waals surface area contributed by atoms with Crippen molar-refractivity contribution in [3.05, 3.63) is 30.6 Å². The summed E-state index contributed by atoms with van der Waals surface area (Å²) in [6.07, 6.45) is 5.15. The lowest BCUT2D eigenvalue weighted by molar-refractivity contribution is 0.460. The summed E-state index contributed by atoms with van der Waals surface area (Å²) in [4.78, 5) is 4.39. The number of hydrogen-bond donors (Lipinski definition) is 0. The van der Waals surface area contributed by atoms with Crippen LogP contribution in [-0.2, 0) is 0 Å². The van der Waals surface area contributed by atoms with E-state index in [9.17, 15) is 0 Å². The van der Waals surface area contributed by atoms with Gasteiger partial charge in [0.05, 0.1) is 35.4 Å². The first-order valence-corrected chi connectivity index (χ1v) is 5.71. The molecule has 3 rings (SSSR count). The lowest BCUT2D eigenvalue weighted by Crippen LogP contribution is -2.11. The van der Waals surface area contributed by atoms with E-state index >= 15 is 0 Å². The minimum Gasteiger partial charge on any atom is -0.326 e. The van der Waals surface area contributed by atoms with E-state index in [1.165, 1.54) is 0 Å². The Morgan fingerprint density at radius 2 is 2.19 bits per heavy atom. The topological polar surface area (TPSA) is 41.6 Å². The van der Waals surface area contributed by atoms with Gasteiger partial charge in [-0.05, 0) is 31.4 Å². The van der Waals surface area contributed by atoms with Crippen molar-refractivity contribution in [1.82, 2.24) is 9.55 Å². The van der Waals surface area contributed by atoms with Gasteiger partial charge in [0.15, 0.2) is 0 Å². The van der Waals surface area contributed by atoms with Gasteiger partial charge >= 0.3 is 0 Å². The quantitative estimate of drug-likeness (QED) is 0.727. The number of fused-ring (bicyclic) bond motifs is 1. The van der Waals surface area contributed by atoms with Crippen LogP contribution >= 0.6 is 0 Å². The molecule has 0 spiro atoms. The Kier molecular flexibility index (Phi) is 2.14. The van der Waals surface area contributed by atoms with Gasteiger partial charge in [-0.3, -0.25) is 0 Å². The van der Waals surface area contributed by atoms with Gasteiger partial charge in [0.1, 0.15) is 0 Å². The first kappa shape index (κ1) is 9.41. The predicted octanol–water partition coefficient (Wildman–Crippen LogP) is 2.90. The van der Waals surface area contributed by atoms with E-state index in [1.807, 2.05) is 24.5 Å². The number of benzene rings is 1. The number of rotatable bonds is 1. The summed E-state index contributed by atoms with van der Waals surface area (Å²) in [6.45, 7) is 0. The summed E-state index contributed by atoms with van der Waals surface area (Å²) in [6, 6.07) is 10.9. The average molecular weight is 211 g/mol. The number of imidazole rings is 1. The van der Waals surface area contributed by atoms with Crippen molar-refractivity contribution >= 4 is 11.0 Å². The van der Waals surface area contributed by atoms with E-state index in [0.717, 1.165) is 30.3 Å². The molecule has 0 bridgehead atoms. The second-order valence-electron chi connectivity index (χ2n) is 4.37. The van der Waals surface area contributed by atoms with Gasteiger partial charge in [0, 0.05) is 0 Å². The van der Waals surface area contributed by atoms with Gasteiger partial charge in [0.2, 0.25) is 0 Å². The fourth-order valence-corrected chi connectivity index (χ4v) is 2.67. The second-order valence-corrected chi connectivity index (χ2v) is 4.37. The molecule has 1 aliphatic carbocycles. The number of para-hydroxylation sites is 2. The number of nitriles is 1. The van der Waals surface area contributed by atoms with Crippen molar-refractivity contribution in [2.24, 2.45) is 5.92 Å². The average Bonchev–Trinajstić information content (AvgIpc) is 2.94. The van der Waals surface area contributed by atoms with Crippen LogP contribution < -0.4 is 0 Å². The second kappa shape index (κ2) is 3.64. The van der Waals surface area contributed by atoms with E-state index in [2.05, 4.69) is 21.7 Å². The highest BCUT2D eigenvalue weighted by atomic mass is 15.1. The molecule has 1 fully saturated rings. The summed E-state index contributed by atoms with van der Waals surface area (Å²) in [5, 5.41) is 9.12. The Hall–Kier alpha value is -1.82. The van der Waals surface area contributed by atoms with Crippen LogP contribution in [0.25, 0.3) is 11.0 Å². The third kappa shape index (κ3) is 1.30. The molecule has 3 nitrogen and oxygen atoms in total. The summed E-state index contributed by atoms with van der Waals surface area (Å²) >= 11 is 0. The number of aromatic nitrogens is 2. The van der Waals surface area contributed by atoms with Crippen molar-refractivity contribution in [2.45, 2.75) is 25.3 Å². The fraction of sp³-hybridized carbons (Fsp3) is 0.385. The maximum atomic E-state index is 9.12. The van der Waals surface area contributed by atoms with Gasteiger partial charge in [-0.2, -0.15) is 5.26 Å². The van der Waals surface area contributed by atoms with Crippen LogP contribution in [0.15, 0.2) is 30.6 Å². The first-order chi connectivity index (χ1) is 7.90. The predicted molar refractivity (Wildman–Crippen MR) is 61.7 cm³/mol. The van der Waals surface area contributed by atoms with Crippen molar-refractivity contribution in [2.75, 3.05) is 0 Å². The molecule has 1 heterocycles. The van der Waals surface area contributed by atoms with Crippen LogP contribution in [0.4, 0.5) is 0 Å². The maximum Gasteiger partial charge on any atom is 0.0961 e. The van der Waals surface area contributed by atoms with Crippen LogP contribution in [0.1, 0.15) is 25.3 Å². The molecular formula is C13H13N3. The number of nitrogens with zero attached hydrogens (tertiary/aromatic N) is 3. The Morgan fingerprint density at radius 3 is 3.06 bits per heavy atom. The molecule has 1 saturated carbocycles. The van der Waals surface area contributed by atoms with Crippen molar-refractivity contribution in [3.8, 4) is 6.07 Å². The molecule has 0 radical (unpaired) electrons. The lowest BCUT2D eigenvalue weighted by Gasteiger charge is -2.15. The molecule has 0 saturated heterocycles. The standard InChI is InChI=1S/C13H13N3/c14-8-10-4-3-7-12(10)16-9-15-11-5-1-2-6-13(11)16/h1-2,5-6,9-10,12H,3-4,7H2. The summed E-state index contributed by atoms with van der Waals surface area (Å²) in [5.41, 5.74) is 2.17. The van der Waals surface area contributed by atoms with Crippen molar-refractivity contribution in [3.63, 3.8) is 0 Å². The minimum absolute atomic E-state index is 0.151. The molecule has 3 heteroatoms. The zero-order chi connectivity index (χ0) is 11.0. The van der Waals surface area contributed by atoms with Gasteiger partial charge < -0.3 is 4.57 Å². The number of hydrogen-bond acceptors (Lipinski definition) is 2. The highest BCUT2D eigenvalue weighted by Crippen LogP contribution is 2.36. The van der Waals surface area contributed by atoms with Gasteiger partial charge in [-0.25, -0.2) is 4.98 Å². The zero-order valence-corrected chi connectivity index (χ0v) is 9.00. The van der Waals surface area contributed by atoms with Crippen LogP contribution in [0.2, 0.25) is 0 Å².